The first-order valence-electron chi connectivity index (χ1n) is 6.30. The number of carbonyl (C=O) groups is 1. The molecule has 1 aliphatic rings. The Morgan fingerprint density at radius 1 is 1.56 bits per heavy atom. The van der Waals surface area contributed by atoms with Crippen molar-refractivity contribution in [3.05, 3.63) is 11.7 Å². The molecule has 1 N–H and O–H groups in total. The van der Waals surface area contributed by atoms with Crippen LogP contribution in [0.3, 0.4) is 0 Å². The highest BCUT2D eigenvalue weighted by Crippen LogP contribution is 2.25. The molecule has 1 aromatic rings. The van der Waals surface area contributed by atoms with Crippen LogP contribution in [0.5, 0.6) is 0 Å². The van der Waals surface area contributed by atoms with Crippen molar-refractivity contribution in [3.63, 3.8) is 0 Å². The highest BCUT2D eigenvalue weighted by Gasteiger charge is 2.24. The van der Waals surface area contributed by atoms with Crippen molar-refractivity contribution in [2.45, 2.75) is 32.1 Å². The normalized spacial score (nSPS) is 19.9. The molecule has 1 fully saturated rings. The summed E-state index contributed by atoms with van der Waals surface area (Å²) in [6.07, 6.45) is 2.36. The van der Waals surface area contributed by atoms with Crippen molar-refractivity contribution in [1.29, 1.82) is 0 Å². The van der Waals surface area contributed by atoms with Crippen LogP contribution >= 0.6 is 0 Å². The summed E-state index contributed by atoms with van der Waals surface area (Å²) >= 11 is 0. The molecule has 2 rings (SSSR count). The minimum absolute atomic E-state index is 0.301. The molecule has 1 saturated heterocycles. The predicted molar refractivity (Wildman–Crippen MR) is 64.3 cm³/mol. The topological polar surface area (TPSA) is 79.5 Å². The van der Waals surface area contributed by atoms with Gasteiger partial charge in [-0.25, -0.2) is 0 Å². The number of rotatable bonds is 4. The van der Waals surface area contributed by atoms with Crippen LogP contribution in [-0.4, -0.2) is 46.3 Å². The van der Waals surface area contributed by atoms with E-state index in [-0.39, 0.29) is 0 Å². The number of carboxylic acids is 1. The van der Waals surface area contributed by atoms with Crippen LogP contribution in [0.15, 0.2) is 4.52 Å². The SMILES string of the molecule is CC(Cc1nc(C2CCN(C)CC2)no1)C(=O)O. The molecule has 0 radical (unpaired) electrons. The number of piperidine rings is 1. The van der Waals surface area contributed by atoms with Gasteiger partial charge in [0.05, 0.1) is 5.92 Å². The fourth-order valence-electron chi connectivity index (χ4n) is 2.13. The van der Waals surface area contributed by atoms with Crippen LogP contribution in [0, 0.1) is 5.92 Å². The number of hydrogen-bond acceptors (Lipinski definition) is 5. The largest absolute Gasteiger partial charge is 0.481 e. The van der Waals surface area contributed by atoms with Gasteiger partial charge in [0, 0.05) is 12.3 Å². The van der Waals surface area contributed by atoms with E-state index in [1.165, 1.54) is 0 Å². The van der Waals surface area contributed by atoms with Gasteiger partial charge in [0.1, 0.15) is 0 Å². The fourth-order valence-corrected chi connectivity index (χ4v) is 2.13. The zero-order valence-electron chi connectivity index (χ0n) is 10.8. The van der Waals surface area contributed by atoms with Gasteiger partial charge in [-0.1, -0.05) is 12.1 Å². The van der Waals surface area contributed by atoms with E-state index in [4.69, 9.17) is 9.63 Å². The van der Waals surface area contributed by atoms with Gasteiger partial charge >= 0.3 is 5.97 Å². The first-order valence-corrected chi connectivity index (χ1v) is 6.30. The molecule has 1 aliphatic heterocycles. The number of aliphatic carboxylic acids is 1. The predicted octanol–water partition coefficient (Wildman–Crippen LogP) is 1.14. The zero-order chi connectivity index (χ0) is 13.1. The van der Waals surface area contributed by atoms with Crippen LogP contribution in [0.4, 0.5) is 0 Å². The monoisotopic (exact) mass is 253 g/mol. The quantitative estimate of drug-likeness (QED) is 0.866. The Labute approximate surface area is 106 Å². The van der Waals surface area contributed by atoms with E-state index in [0.29, 0.717) is 18.2 Å². The molecular formula is C12H19N3O3. The molecule has 0 aliphatic carbocycles. The lowest BCUT2D eigenvalue weighted by molar-refractivity contribution is -0.141. The highest BCUT2D eigenvalue weighted by molar-refractivity contribution is 5.69. The molecule has 2 heterocycles. The third-order valence-electron chi connectivity index (χ3n) is 3.47. The number of hydrogen-bond donors (Lipinski definition) is 1. The van der Waals surface area contributed by atoms with Gasteiger partial charge in [-0.3, -0.25) is 4.79 Å². The van der Waals surface area contributed by atoms with Crippen LogP contribution < -0.4 is 0 Å². The van der Waals surface area contributed by atoms with Gasteiger partial charge in [-0.05, 0) is 33.0 Å². The molecule has 0 bridgehead atoms. The number of nitrogens with zero attached hydrogens (tertiary/aromatic N) is 3. The number of carboxylic acid groups (broad SMARTS) is 1. The van der Waals surface area contributed by atoms with Gasteiger partial charge in [-0.15, -0.1) is 0 Å². The smallest absolute Gasteiger partial charge is 0.306 e. The lowest BCUT2D eigenvalue weighted by Crippen LogP contribution is -2.29. The summed E-state index contributed by atoms with van der Waals surface area (Å²) in [7, 11) is 2.10. The molecule has 1 aromatic heterocycles. The van der Waals surface area contributed by atoms with E-state index in [0.717, 1.165) is 31.8 Å². The van der Waals surface area contributed by atoms with Crippen molar-refractivity contribution in [1.82, 2.24) is 15.0 Å². The van der Waals surface area contributed by atoms with Crippen molar-refractivity contribution >= 4 is 5.97 Å². The minimum atomic E-state index is -0.839. The molecule has 100 valence electrons. The third-order valence-corrected chi connectivity index (χ3v) is 3.47. The van der Waals surface area contributed by atoms with E-state index in [9.17, 15) is 4.79 Å². The summed E-state index contributed by atoms with van der Waals surface area (Å²) in [6, 6.07) is 0. The van der Waals surface area contributed by atoms with Crippen LogP contribution in [0.2, 0.25) is 0 Å². The summed E-state index contributed by atoms with van der Waals surface area (Å²) in [4.78, 5) is 17.4. The molecule has 6 nitrogen and oxygen atoms in total. The minimum Gasteiger partial charge on any atom is -0.481 e. The summed E-state index contributed by atoms with van der Waals surface area (Å²) in [5.41, 5.74) is 0. The van der Waals surface area contributed by atoms with Crippen molar-refractivity contribution < 1.29 is 14.4 Å². The standard InChI is InChI=1S/C12H19N3O3/c1-8(12(16)17)7-10-13-11(14-18-10)9-3-5-15(2)6-4-9/h8-9H,3-7H2,1-2H3,(H,16,17). The Kier molecular flexibility index (Phi) is 3.96. The summed E-state index contributed by atoms with van der Waals surface area (Å²) in [6.45, 7) is 3.72. The molecule has 1 unspecified atom stereocenters. The summed E-state index contributed by atoms with van der Waals surface area (Å²) < 4.78 is 5.13. The first-order chi connectivity index (χ1) is 8.56. The highest BCUT2D eigenvalue weighted by atomic mass is 16.5. The van der Waals surface area contributed by atoms with Gasteiger partial charge in [0.25, 0.3) is 0 Å². The molecule has 6 heteroatoms. The Balaban J connectivity index is 1.95. The van der Waals surface area contributed by atoms with Gasteiger partial charge in [-0.2, -0.15) is 4.98 Å². The van der Waals surface area contributed by atoms with Crippen LogP contribution in [-0.2, 0) is 11.2 Å². The van der Waals surface area contributed by atoms with Crippen molar-refractivity contribution in [2.24, 2.45) is 5.92 Å². The van der Waals surface area contributed by atoms with Gasteiger partial charge in [0.2, 0.25) is 5.89 Å². The zero-order valence-corrected chi connectivity index (χ0v) is 10.8. The first kappa shape index (κ1) is 13.0. The fraction of sp³-hybridized carbons (Fsp3) is 0.750. The summed E-state index contributed by atoms with van der Waals surface area (Å²) in [5.74, 6) is 0.179. The van der Waals surface area contributed by atoms with Crippen molar-refractivity contribution in [3.8, 4) is 0 Å². The molecule has 18 heavy (non-hydrogen) atoms. The second-order valence-corrected chi connectivity index (χ2v) is 5.07. The van der Waals surface area contributed by atoms with Crippen LogP contribution in [0.25, 0.3) is 0 Å². The molecule has 0 amide bonds. The second-order valence-electron chi connectivity index (χ2n) is 5.07. The lowest BCUT2D eigenvalue weighted by Gasteiger charge is -2.26. The van der Waals surface area contributed by atoms with E-state index < -0.39 is 11.9 Å². The van der Waals surface area contributed by atoms with E-state index in [1.54, 1.807) is 6.92 Å². The van der Waals surface area contributed by atoms with E-state index in [2.05, 4.69) is 22.1 Å². The van der Waals surface area contributed by atoms with E-state index in [1.807, 2.05) is 0 Å². The maximum absolute atomic E-state index is 10.8. The van der Waals surface area contributed by atoms with Gasteiger partial charge in [0.15, 0.2) is 5.82 Å². The molecular weight excluding hydrogens is 234 g/mol. The van der Waals surface area contributed by atoms with Gasteiger partial charge < -0.3 is 14.5 Å². The van der Waals surface area contributed by atoms with Crippen LogP contribution in [0.1, 0.15) is 37.4 Å². The summed E-state index contributed by atoms with van der Waals surface area (Å²) in [5, 5.41) is 12.8. The Bertz CT molecular complexity index is 410. The molecule has 1 atom stereocenters. The Morgan fingerprint density at radius 3 is 2.83 bits per heavy atom. The maximum Gasteiger partial charge on any atom is 0.306 e. The Hall–Kier alpha value is -1.43. The van der Waals surface area contributed by atoms with E-state index >= 15 is 0 Å². The third kappa shape index (κ3) is 3.07. The van der Waals surface area contributed by atoms with Crippen molar-refractivity contribution in [2.75, 3.05) is 20.1 Å². The molecule has 0 aromatic carbocycles. The number of likely N-dealkylation sites (tertiary alicyclic amines) is 1. The number of aromatic nitrogens is 2. The Morgan fingerprint density at radius 2 is 2.22 bits per heavy atom. The molecule has 0 saturated carbocycles. The molecule has 0 spiro atoms. The average molecular weight is 253 g/mol. The lowest BCUT2D eigenvalue weighted by atomic mass is 9.96. The maximum atomic E-state index is 10.8. The average Bonchev–Trinajstić information content (AvgIpc) is 2.78. The second kappa shape index (κ2) is 5.48.